The standard InChI is InChI=1S/C20H24N2O2/c1-15(2)19(20(24)21-14-17-11-7-4-8-12-17)22-18(23)13-16-9-5-3-6-10-16/h3-12,15,19H,13-14H2,1-2H3,(H,21,24)(H,22,23)/t19-/m0/s1. The number of hydrogen-bond acceptors (Lipinski definition) is 2. The van der Waals surface area contributed by atoms with Crippen LogP contribution in [0, 0.1) is 5.92 Å². The lowest BCUT2D eigenvalue weighted by molar-refractivity contribution is -0.129. The molecule has 0 heterocycles. The van der Waals surface area contributed by atoms with Gasteiger partial charge in [0.25, 0.3) is 0 Å². The molecule has 2 aromatic carbocycles. The third kappa shape index (κ3) is 5.54. The summed E-state index contributed by atoms with van der Waals surface area (Å²) in [6.07, 6.45) is 0.274. The Labute approximate surface area is 143 Å². The molecule has 0 unspecified atom stereocenters. The van der Waals surface area contributed by atoms with Gasteiger partial charge in [-0.05, 0) is 17.0 Å². The molecule has 0 aromatic heterocycles. The van der Waals surface area contributed by atoms with Gasteiger partial charge in [-0.1, -0.05) is 74.5 Å². The maximum Gasteiger partial charge on any atom is 0.243 e. The third-order valence-electron chi connectivity index (χ3n) is 3.78. The minimum Gasteiger partial charge on any atom is -0.350 e. The van der Waals surface area contributed by atoms with Crippen LogP contribution in [0.25, 0.3) is 0 Å². The van der Waals surface area contributed by atoms with E-state index in [2.05, 4.69) is 10.6 Å². The lowest BCUT2D eigenvalue weighted by Gasteiger charge is -2.22. The van der Waals surface area contributed by atoms with Crippen molar-refractivity contribution >= 4 is 11.8 Å². The van der Waals surface area contributed by atoms with Crippen LogP contribution >= 0.6 is 0 Å². The summed E-state index contributed by atoms with van der Waals surface area (Å²) in [5.41, 5.74) is 1.96. The van der Waals surface area contributed by atoms with Gasteiger partial charge >= 0.3 is 0 Å². The van der Waals surface area contributed by atoms with Crippen molar-refractivity contribution in [2.24, 2.45) is 5.92 Å². The van der Waals surface area contributed by atoms with Gasteiger partial charge in [0.05, 0.1) is 6.42 Å². The summed E-state index contributed by atoms with van der Waals surface area (Å²) in [6, 6.07) is 18.7. The van der Waals surface area contributed by atoms with Crippen LogP contribution in [0.5, 0.6) is 0 Å². The highest BCUT2D eigenvalue weighted by molar-refractivity contribution is 5.88. The Hall–Kier alpha value is -2.62. The maximum atomic E-state index is 12.4. The fourth-order valence-electron chi connectivity index (χ4n) is 2.44. The second-order valence-corrected chi connectivity index (χ2v) is 6.15. The molecule has 0 bridgehead atoms. The summed E-state index contributed by atoms with van der Waals surface area (Å²) in [5.74, 6) is -0.287. The molecule has 2 amide bonds. The highest BCUT2D eigenvalue weighted by atomic mass is 16.2. The van der Waals surface area contributed by atoms with Crippen molar-refractivity contribution in [3.63, 3.8) is 0 Å². The van der Waals surface area contributed by atoms with E-state index in [1.165, 1.54) is 0 Å². The predicted octanol–water partition coefficient (Wildman–Crippen LogP) is 2.69. The number of amides is 2. The van der Waals surface area contributed by atoms with Crippen LogP contribution in [0.4, 0.5) is 0 Å². The van der Waals surface area contributed by atoms with Gasteiger partial charge in [-0.2, -0.15) is 0 Å². The van der Waals surface area contributed by atoms with Gasteiger partial charge in [0.15, 0.2) is 0 Å². The predicted molar refractivity (Wildman–Crippen MR) is 95.2 cm³/mol. The topological polar surface area (TPSA) is 58.2 Å². The van der Waals surface area contributed by atoms with Crippen molar-refractivity contribution in [1.82, 2.24) is 10.6 Å². The van der Waals surface area contributed by atoms with Crippen molar-refractivity contribution < 1.29 is 9.59 Å². The van der Waals surface area contributed by atoms with E-state index in [4.69, 9.17) is 0 Å². The van der Waals surface area contributed by atoms with E-state index in [1.54, 1.807) is 0 Å². The molecule has 0 fully saturated rings. The molecule has 126 valence electrons. The Bertz CT molecular complexity index is 654. The smallest absolute Gasteiger partial charge is 0.243 e. The quantitative estimate of drug-likeness (QED) is 0.823. The Morgan fingerprint density at radius 3 is 1.96 bits per heavy atom. The van der Waals surface area contributed by atoms with Crippen molar-refractivity contribution in [1.29, 1.82) is 0 Å². The summed E-state index contributed by atoms with van der Waals surface area (Å²) >= 11 is 0. The lowest BCUT2D eigenvalue weighted by atomic mass is 10.0. The number of hydrogen-bond donors (Lipinski definition) is 2. The van der Waals surface area contributed by atoms with Crippen LogP contribution in [-0.2, 0) is 22.6 Å². The Morgan fingerprint density at radius 1 is 0.875 bits per heavy atom. The molecular weight excluding hydrogens is 300 g/mol. The highest BCUT2D eigenvalue weighted by Gasteiger charge is 2.23. The molecule has 0 aliphatic rings. The van der Waals surface area contributed by atoms with Crippen molar-refractivity contribution in [2.75, 3.05) is 0 Å². The third-order valence-corrected chi connectivity index (χ3v) is 3.78. The second-order valence-electron chi connectivity index (χ2n) is 6.15. The monoisotopic (exact) mass is 324 g/mol. The van der Waals surface area contributed by atoms with Crippen molar-refractivity contribution in [3.05, 3.63) is 71.8 Å². The number of benzene rings is 2. The van der Waals surface area contributed by atoms with Crippen LogP contribution in [0.2, 0.25) is 0 Å². The molecule has 0 aliphatic carbocycles. The SMILES string of the molecule is CC(C)[C@H](NC(=O)Cc1ccccc1)C(=O)NCc1ccccc1. The van der Waals surface area contributed by atoms with Crippen LogP contribution in [0.3, 0.4) is 0 Å². The summed E-state index contributed by atoms with van der Waals surface area (Å²) in [5, 5.41) is 5.75. The largest absolute Gasteiger partial charge is 0.350 e. The molecule has 1 atom stereocenters. The molecular formula is C20H24N2O2. The average Bonchev–Trinajstić information content (AvgIpc) is 2.59. The fourth-order valence-corrected chi connectivity index (χ4v) is 2.44. The molecule has 0 radical (unpaired) electrons. The molecule has 4 heteroatoms. The molecule has 0 aliphatic heterocycles. The summed E-state index contributed by atoms with van der Waals surface area (Å²) in [7, 11) is 0. The van der Waals surface area contributed by atoms with Gasteiger partial charge in [-0.25, -0.2) is 0 Å². The number of rotatable bonds is 7. The van der Waals surface area contributed by atoms with E-state index in [0.29, 0.717) is 6.54 Å². The minimum atomic E-state index is -0.537. The van der Waals surface area contributed by atoms with E-state index >= 15 is 0 Å². The highest BCUT2D eigenvalue weighted by Crippen LogP contribution is 2.05. The molecule has 24 heavy (non-hydrogen) atoms. The normalized spacial score (nSPS) is 11.8. The number of carbonyl (C=O) groups excluding carboxylic acids is 2. The van der Waals surface area contributed by atoms with Gasteiger partial charge in [-0.3, -0.25) is 9.59 Å². The molecule has 2 rings (SSSR count). The summed E-state index contributed by atoms with van der Waals surface area (Å²) in [4.78, 5) is 24.6. The molecule has 2 N–H and O–H groups in total. The Morgan fingerprint density at radius 2 is 1.42 bits per heavy atom. The maximum absolute atomic E-state index is 12.4. The van der Waals surface area contributed by atoms with E-state index < -0.39 is 6.04 Å². The van der Waals surface area contributed by atoms with E-state index in [0.717, 1.165) is 11.1 Å². The van der Waals surface area contributed by atoms with E-state index in [1.807, 2.05) is 74.5 Å². The summed E-state index contributed by atoms with van der Waals surface area (Å²) in [6.45, 7) is 4.31. The second kappa shape index (κ2) is 8.87. The van der Waals surface area contributed by atoms with E-state index in [-0.39, 0.29) is 24.2 Å². The molecule has 0 saturated heterocycles. The first-order chi connectivity index (χ1) is 11.6. The van der Waals surface area contributed by atoms with Gasteiger partial charge in [0, 0.05) is 6.54 Å². The zero-order chi connectivity index (χ0) is 17.4. The molecule has 0 spiro atoms. The van der Waals surface area contributed by atoms with E-state index in [9.17, 15) is 9.59 Å². The van der Waals surface area contributed by atoms with Gasteiger partial charge in [0.1, 0.15) is 6.04 Å². The molecule has 0 saturated carbocycles. The fraction of sp³-hybridized carbons (Fsp3) is 0.300. The zero-order valence-electron chi connectivity index (χ0n) is 14.2. The lowest BCUT2D eigenvalue weighted by Crippen LogP contribution is -2.49. The number of carbonyl (C=O) groups is 2. The minimum absolute atomic E-state index is 0.0143. The zero-order valence-corrected chi connectivity index (χ0v) is 14.2. The van der Waals surface area contributed by atoms with Gasteiger partial charge < -0.3 is 10.6 Å². The van der Waals surface area contributed by atoms with Gasteiger partial charge in [-0.15, -0.1) is 0 Å². The Kier molecular flexibility index (Phi) is 6.55. The average molecular weight is 324 g/mol. The number of nitrogens with one attached hydrogen (secondary N) is 2. The van der Waals surface area contributed by atoms with Crippen molar-refractivity contribution in [2.45, 2.75) is 32.9 Å². The van der Waals surface area contributed by atoms with Crippen LogP contribution in [-0.4, -0.2) is 17.9 Å². The first-order valence-electron chi connectivity index (χ1n) is 8.21. The molecule has 2 aromatic rings. The summed E-state index contributed by atoms with van der Waals surface area (Å²) < 4.78 is 0. The van der Waals surface area contributed by atoms with Crippen LogP contribution in [0.15, 0.2) is 60.7 Å². The first-order valence-corrected chi connectivity index (χ1v) is 8.21. The first kappa shape index (κ1) is 17.7. The van der Waals surface area contributed by atoms with Crippen LogP contribution in [0.1, 0.15) is 25.0 Å². The van der Waals surface area contributed by atoms with Crippen molar-refractivity contribution in [3.8, 4) is 0 Å². The Balaban J connectivity index is 1.90. The molecule has 4 nitrogen and oxygen atoms in total. The van der Waals surface area contributed by atoms with Crippen LogP contribution < -0.4 is 10.6 Å². The van der Waals surface area contributed by atoms with Gasteiger partial charge in [0.2, 0.25) is 11.8 Å².